The Balaban J connectivity index is 1.73. The number of benzene rings is 1. The highest BCUT2D eigenvalue weighted by molar-refractivity contribution is 5.62. The van der Waals surface area contributed by atoms with Crippen molar-refractivity contribution in [2.75, 3.05) is 5.32 Å². The average molecular weight is 281 g/mol. The second-order valence-corrected chi connectivity index (χ2v) is 5.29. The summed E-state index contributed by atoms with van der Waals surface area (Å²) in [6.07, 6.45) is 5.73. The predicted molar refractivity (Wildman–Crippen MR) is 84.0 cm³/mol. The Morgan fingerprint density at radius 2 is 2.00 bits per heavy atom. The first-order valence-corrected chi connectivity index (χ1v) is 7.09. The fraction of sp³-hybridized carbons (Fsp3) is 0.250. The molecule has 0 saturated carbocycles. The molecule has 21 heavy (non-hydrogen) atoms. The van der Waals surface area contributed by atoms with E-state index < -0.39 is 0 Å². The molecule has 0 saturated heterocycles. The minimum Gasteiger partial charge on any atom is -0.378 e. The van der Waals surface area contributed by atoms with Crippen LogP contribution in [0.5, 0.6) is 0 Å². The van der Waals surface area contributed by atoms with E-state index in [2.05, 4.69) is 46.6 Å². The SMILES string of the molecule is CC(C)n1cc(NCc2cn[nH]c2-c2ccccc2)cn1. The molecule has 0 spiro atoms. The first-order chi connectivity index (χ1) is 10.2. The summed E-state index contributed by atoms with van der Waals surface area (Å²) in [4.78, 5) is 0. The quantitative estimate of drug-likeness (QED) is 0.753. The topological polar surface area (TPSA) is 58.5 Å². The Morgan fingerprint density at radius 3 is 2.71 bits per heavy atom. The lowest BCUT2D eigenvalue weighted by Crippen LogP contribution is -2.01. The molecule has 108 valence electrons. The molecule has 3 aromatic rings. The van der Waals surface area contributed by atoms with Gasteiger partial charge in [0, 0.05) is 24.3 Å². The minimum atomic E-state index is 0.370. The zero-order chi connectivity index (χ0) is 14.7. The molecule has 2 heterocycles. The van der Waals surface area contributed by atoms with Crippen molar-refractivity contribution in [1.29, 1.82) is 0 Å². The van der Waals surface area contributed by atoms with Crippen LogP contribution in [0.4, 0.5) is 5.69 Å². The first-order valence-electron chi connectivity index (χ1n) is 7.09. The van der Waals surface area contributed by atoms with Crippen LogP contribution in [0.2, 0.25) is 0 Å². The molecule has 0 unspecified atom stereocenters. The lowest BCUT2D eigenvalue weighted by atomic mass is 10.1. The molecule has 0 fully saturated rings. The van der Waals surface area contributed by atoms with E-state index in [-0.39, 0.29) is 0 Å². The van der Waals surface area contributed by atoms with Gasteiger partial charge in [0.2, 0.25) is 0 Å². The smallest absolute Gasteiger partial charge is 0.0729 e. The summed E-state index contributed by atoms with van der Waals surface area (Å²) in [7, 11) is 0. The van der Waals surface area contributed by atoms with E-state index in [4.69, 9.17) is 0 Å². The van der Waals surface area contributed by atoms with Gasteiger partial charge in [0.25, 0.3) is 0 Å². The highest BCUT2D eigenvalue weighted by Gasteiger charge is 2.08. The lowest BCUT2D eigenvalue weighted by molar-refractivity contribution is 0.532. The molecule has 5 nitrogen and oxygen atoms in total. The lowest BCUT2D eigenvalue weighted by Gasteiger charge is -2.06. The molecule has 2 N–H and O–H groups in total. The van der Waals surface area contributed by atoms with Crippen LogP contribution in [0.3, 0.4) is 0 Å². The van der Waals surface area contributed by atoms with E-state index in [0.29, 0.717) is 12.6 Å². The summed E-state index contributed by atoms with van der Waals surface area (Å²) in [6, 6.07) is 10.6. The van der Waals surface area contributed by atoms with E-state index in [1.807, 2.05) is 41.5 Å². The van der Waals surface area contributed by atoms with Crippen LogP contribution in [0, 0.1) is 0 Å². The highest BCUT2D eigenvalue weighted by atomic mass is 15.3. The van der Waals surface area contributed by atoms with Gasteiger partial charge in [0.1, 0.15) is 0 Å². The van der Waals surface area contributed by atoms with Crippen molar-refractivity contribution in [2.45, 2.75) is 26.4 Å². The van der Waals surface area contributed by atoms with Crippen molar-refractivity contribution < 1.29 is 0 Å². The number of nitrogens with one attached hydrogen (secondary N) is 2. The Hall–Kier alpha value is -2.56. The van der Waals surface area contributed by atoms with Crippen molar-refractivity contribution in [2.24, 2.45) is 0 Å². The molecule has 3 rings (SSSR count). The highest BCUT2D eigenvalue weighted by Crippen LogP contribution is 2.21. The number of anilines is 1. The third kappa shape index (κ3) is 2.97. The van der Waals surface area contributed by atoms with Crippen LogP contribution < -0.4 is 5.32 Å². The van der Waals surface area contributed by atoms with Gasteiger partial charge in [-0.2, -0.15) is 10.2 Å². The van der Waals surface area contributed by atoms with Crippen molar-refractivity contribution in [3.05, 3.63) is 54.5 Å². The minimum absolute atomic E-state index is 0.370. The van der Waals surface area contributed by atoms with Crippen molar-refractivity contribution in [1.82, 2.24) is 20.0 Å². The van der Waals surface area contributed by atoms with E-state index in [9.17, 15) is 0 Å². The Bertz CT molecular complexity index is 696. The Kier molecular flexibility index (Phi) is 3.73. The Labute approximate surface area is 124 Å². The number of nitrogens with zero attached hydrogens (tertiary/aromatic N) is 3. The molecule has 2 aromatic heterocycles. The standard InChI is InChI=1S/C16H19N5/c1-12(2)21-11-15(10-19-21)17-8-14-9-18-20-16(14)13-6-4-3-5-7-13/h3-7,9-12,17H,8H2,1-2H3,(H,18,20). The maximum Gasteiger partial charge on any atom is 0.0729 e. The maximum atomic E-state index is 4.33. The summed E-state index contributed by atoms with van der Waals surface area (Å²) in [5.74, 6) is 0. The zero-order valence-electron chi connectivity index (χ0n) is 12.2. The summed E-state index contributed by atoms with van der Waals surface area (Å²) in [5.41, 5.74) is 4.35. The second kappa shape index (κ2) is 5.83. The number of hydrogen-bond donors (Lipinski definition) is 2. The van der Waals surface area contributed by atoms with Gasteiger partial charge in [-0.05, 0) is 19.4 Å². The largest absolute Gasteiger partial charge is 0.378 e. The third-order valence-corrected chi connectivity index (χ3v) is 3.39. The molecular weight excluding hydrogens is 262 g/mol. The summed E-state index contributed by atoms with van der Waals surface area (Å²) < 4.78 is 1.94. The van der Waals surface area contributed by atoms with Gasteiger partial charge in [-0.25, -0.2) is 0 Å². The van der Waals surface area contributed by atoms with E-state index >= 15 is 0 Å². The second-order valence-electron chi connectivity index (χ2n) is 5.29. The number of hydrogen-bond acceptors (Lipinski definition) is 3. The summed E-state index contributed by atoms with van der Waals surface area (Å²) in [5, 5.41) is 14.9. The van der Waals surface area contributed by atoms with Gasteiger partial charge in [-0.15, -0.1) is 0 Å². The van der Waals surface area contributed by atoms with Crippen LogP contribution in [-0.4, -0.2) is 20.0 Å². The van der Waals surface area contributed by atoms with E-state index in [0.717, 1.165) is 22.5 Å². The van der Waals surface area contributed by atoms with Crippen molar-refractivity contribution >= 4 is 5.69 Å². The van der Waals surface area contributed by atoms with Crippen LogP contribution in [0.15, 0.2) is 48.9 Å². The number of aromatic amines is 1. The number of rotatable bonds is 5. The van der Waals surface area contributed by atoms with Crippen LogP contribution >= 0.6 is 0 Å². The fourth-order valence-electron chi connectivity index (χ4n) is 2.21. The van der Waals surface area contributed by atoms with E-state index in [1.165, 1.54) is 0 Å². The van der Waals surface area contributed by atoms with Crippen LogP contribution in [0.1, 0.15) is 25.5 Å². The van der Waals surface area contributed by atoms with Gasteiger partial charge < -0.3 is 5.32 Å². The molecule has 0 aliphatic heterocycles. The number of H-pyrrole nitrogens is 1. The monoisotopic (exact) mass is 281 g/mol. The van der Waals surface area contributed by atoms with Gasteiger partial charge in [-0.3, -0.25) is 9.78 Å². The first kappa shape index (κ1) is 13.4. The zero-order valence-corrected chi connectivity index (χ0v) is 12.2. The van der Waals surface area contributed by atoms with Gasteiger partial charge in [0.05, 0.1) is 23.8 Å². The van der Waals surface area contributed by atoms with Crippen molar-refractivity contribution in [3.8, 4) is 11.3 Å². The molecule has 0 amide bonds. The van der Waals surface area contributed by atoms with Gasteiger partial charge >= 0.3 is 0 Å². The van der Waals surface area contributed by atoms with Crippen molar-refractivity contribution in [3.63, 3.8) is 0 Å². The molecule has 0 aliphatic carbocycles. The molecule has 5 heteroatoms. The average Bonchev–Trinajstić information content (AvgIpc) is 3.15. The third-order valence-electron chi connectivity index (χ3n) is 3.39. The molecule has 1 aromatic carbocycles. The molecule has 0 bridgehead atoms. The van der Waals surface area contributed by atoms with Gasteiger partial charge in [0.15, 0.2) is 0 Å². The van der Waals surface area contributed by atoms with Crippen LogP contribution in [0.25, 0.3) is 11.3 Å². The molecule has 0 radical (unpaired) electrons. The van der Waals surface area contributed by atoms with Crippen LogP contribution in [-0.2, 0) is 6.54 Å². The van der Waals surface area contributed by atoms with E-state index in [1.54, 1.807) is 0 Å². The summed E-state index contributed by atoms with van der Waals surface area (Å²) in [6.45, 7) is 4.94. The summed E-state index contributed by atoms with van der Waals surface area (Å²) >= 11 is 0. The fourth-order valence-corrected chi connectivity index (χ4v) is 2.21. The molecule has 0 aliphatic rings. The maximum absolute atomic E-state index is 4.33. The normalized spacial score (nSPS) is 11.0. The predicted octanol–water partition coefficient (Wildman–Crippen LogP) is 3.47. The number of aromatic nitrogens is 4. The Morgan fingerprint density at radius 1 is 1.19 bits per heavy atom. The molecular formula is C16H19N5. The van der Waals surface area contributed by atoms with Gasteiger partial charge in [-0.1, -0.05) is 30.3 Å². The molecule has 0 atom stereocenters.